The van der Waals surface area contributed by atoms with Crippen LogP contribution in [0.2, 0.25) is 5.02 Å². The standard InChI is InChI=1S/C13H15ClN4OS/c1-18-5-6-20-7-10(18)12-16-13(19-17-12)11-8(14)3-2-4-9(11)15/h2-4,10H,5-7,15H2,1H3. The van der Waals surface area contributed by atoms with Crippen LogP contribution in [-0.2, 0) is 0 Å². The second-order valence-corrected chi connectivity index (χ2v) is 6.29. The van der Waals surface area contributed by atoms with Crippen LogP contribution >= 0.6 is 23.4 Å². The number of anilines is 1. The minimum atomic E-state index is 0.176. The van der Waals surface area contributed by atoms with Crippen LogP contribution in [0.4, 0.5) is 5.69 Å². The zero-order chi connectivity index (χ0) is 14.1. The molecular formula is C13H15ClN4OS. The van der Waals surface area contributed by atoms with Crippen molar-refractivity contribution in [2.75, 3.05) is 30.8 Å². The van der Waals surface area contributed by atoms with Gasteiger partial charge in [0.05, 0.1) is 16.6 Å². The summed E-state index contributed by atoms with van der Waals surface area (Å²) < 4.78 is 5.35. The first kappa shape index (κ1) is 13.7. The van der Waals surface area contributed by atoms with E-state index in [4.69, 9.17) is 21.9 Å². The summed E-state index contributed by atoms with van der Waals surface area (Å²) in [6.45, 7) is 1.02. The Kier molecular flexibility index (Phi) is 3.87. The third kappa shape index (κ3) is 2.51. The predicted molar refractivity (Wildman–Crippen MR) is 81.9 cm³/mol. The molecule has 0 spiro atoms. The molecule has 0 aliphatic carbocycles. The molecule has 0 amide bonds. The van der Waals surface area contributed by atoms with Crippen molar-refractivity contribution in [1.82, 2.24) is 15.0 Å². The molecule has 3 rings (SSSR count). The van der Waals surface area contributed by atoms with Gasteiger partial charge in [0.2, 0.25) is 0 Å². The Labute approximate surface area is 126 Å². The molecule has 20 heavy (non-hydrogen) atoms. The number of rotatable bonds is 2. The summed E-state index contributed by atoms with van der Waals surface area (Å²) in [5.74, 6) is 3.17. The molecule has 1 unspecified atom stereocenters. The Bertz CT molecular complexity index is 598. The molecule has 1 saturated heterocycles. The fourth-order valence-corrected chi connectivity index (χ4v) is 3.67. The molecule has 2 aromatic rings. The van der Waals surface area contributed by atoms with Crippen molar-refractivity contribution in [1.29, 1.82) is 0 Å². The Balaban J connectivity index is 1.94. The first-order chi connectivity index (χ1) is 9.66. The lowest BCUT2D eigenvalue weighted by molar-refractivity contribution is 0.257. The molecule has 0 saturated carbocycles. The van der Waals surface area contributed by atoms with Gasteiger partial charge in [-0.2, -0.15) is 16.7 Å². The highest BCUT2D eigenvalue weighted by atomic mass is 35.5. The number of nitrogen functional groups attached to an aromatic ring is 1. The maximum Gasteiger partial charge on any atom is 0.261 e. The monoisotopic (exact) mass is 310 g/mol. The maximum absolute atomic E-state index is 6.17. The third-order valence-corrected chi connectivity index (χ3v) is 4.73. The van der Waals surface area contributed by atoms with E-state index in [1.807, 2.05) is 11.8 Å². The third-order valence-electron chi connectivity index (χ3n) is 3.40. The summed E-state index contributed by atoms with van der Waals surface area (Å²) in [7, 11) is 2.07. The zero-order valence-corrected chi connectivity index (χ0v) is 12.6. The average Bonchev–Trinajstić information content (AvgIpc) is 2.88. The number of benzene rings is 1. The highest BCUT2D eigenvalue weighted by molar-refractivity contribution is 7.99. The molecule has 106 valence electrons. The van der Waals surface area contributed by atoms with E-state index < -0.39 is 0 Å². The van der Waals surface area contributed by atoms with E-state index in [1.165, 1.54) is 0 Å². The van der Waals surface area contributed by atoms with E-state index >= 15 is 0 Å². The van der Waals surface area contributed by atoms with Gasteiger partial charge in [-0.05, 0) is 19.2 Å². The molecule has 1 fully saturated rings. The average molecular weight is 311 g/mol. The topological polar surface area (TPSA) is 68.2 Å². The molecule has 1 atom stereocenters. The lowest BCUT2D eigenvalue weighted by Crippen LogP contribution is -2.33. The Morgan fingerprint density at radius 2 is 2.35 bits per heavy atom. The number of thioether (sulfide) groups is 1. The molecule has 1 aliphatic rings. The fourth-order valence-electron chi connectivity index (χ4n) is 2.20. The van der Waals surface area contributed by atoms with Crippen LogP contribution in [0.1, 0.15) is 11.9 Å². The van der Waals surface area contributed by atoms with E-state index in [0.29, 0.717) is 28.0 Å². The largest absolute Gasteiger partial charge is 0.398 e. The molecule has 2 heterocycles. The van der Waals surface area contributed by atoms with Gasteiger partial charge in [-0.1, -0.05) is 22.8 Å². The summed E-state index contributed by atoms with van der Waals surface area (Å²) in [5, 5.41) is 4.61. The zero-order valence-electron chi connectivity index (χ0n) is 11.0. The van der Waals surface area contributed by atoms with Crippen molar-refractivity contribution in [3.8, 4) is 11.5 Å². The van der Waals surface area contributed by atoms with E-state index in [1.54, 1.807) is 18.2 Å². The van der Waals surface area contributed by atoms with Gasteiger partial charge < -0.3 is 10.3 Å². The summed E-state index contributed by atoms with van der Waals surface area (Å²) >= 11 is 8.06. The van der Waals surface area contributed by atoms with Crippen molar-refractivity contribution in [2.24, 2.45) is 0 Å². The predicted octanol–water partition coefficient (Wildman–Crippen LogP) is 2.69. The van der Waals surface area contributed by atoms with Gasteiger partial charge in [0.15, 0.2) is 5.82 Å². The lowest BCUT2D eigenvalue weighted by atomic mass is 10.2. The Morgan fingerprint density at radius 1 is 1.50 bits per heavy atom. The summed E-state index contributed by atoms with van der Waals surface area (Å²) in [4.78, 5) is 6.72. The van der Waals surface area contributed by atoms with Gasteiger partial charge in [-0.3, -0.25) is 4.90 Å². The van der Waals surface area contributed by atoms with E-state index in [2.05, 4.69) is 22.1 Å². The van der Waals surface area contributed by atoms with Crippen molar-refractivity contribution < 1.29 is 4.52 Å². The first-order valence-electron chi connectivity index (χ1n) is 6.33. The normalized spacial score (nSPS) is 20.2. The van der Waals surface area contributed by atoms with Crippen LogP contribution in [0.5, 0.6) is 0 Å². The number of aromatic nitrogens is 2. The molecule has 1 aliphatic heterocycles. The van der Waals surface area contributed by atoms with Gasteiger partial charge in [0.1, 0.15) is 0 Å². The maximum atomic E-state index is 6.17. The summed E-state index contributed by atoms with van der Waals surface area (Å²) in [6, 6.07) is 5.51. The second kappa shape index (κ2) is 5.63. The molecule has 1 aromatic heterocycles. The lowest BCUT2D eigenvalue weighted by Gasteiger charge is -2.29. The Morgan fingerprint density at radius 3 is 3.10 bits per heavy atom. The molecular weight excluding hydrogens is 296 g/mol. The quantitative estimate of drug-likeness (QED) is 0.860. The summed E-state index contributed by atoms with van der Waals surface area (Å²) in [5.41, 5.74) is 7.09. The highest BCUT2D eigenvalue weighted by Crippen LogP contribution is 2.34. The minimum absolute atomic E-state index is 0.176. The van der Waals surface area contributed by atoms with Crippen molar-refractivity contribution in [3.63, 3.8) is 0 Å². The number of nitrogens with zero attached hydrogens (tertiary/aromatic N) is 3. The van der Waals surface area contributed by atoms with Crippen molar-refractivity contribution >= 4 is 29.1 Å². The molecule has 1 aromatic carbocycles. The minimum Gasteiger partial charge on any atom is -0.398 e. The molecule has 5 nitrogen and oxygen atoms in total. The van der Waals surface area contributed by atoms with Crippen molar-refractivity contribution in [3.05, 3.63) is 29.0 Å². The SMILES string of the molecule is CN1CCSCC1c1noc(-c2c(N)cccc2Cl)n1. The number of hydrogen-bond donors (Lipinski definition) is 1. The molecule has 7 heteroatoms. The van der Waals surface area contributed by atoms with Gasteiger partial charge in [-0.15, -0.1) is 0 Å². The smallest absolute Gasteiger partial charge is 0.261 e. The molecule has 0 bridgehead atoms. The van der Waals surface area contributed by atoms with Crippen LogP contribution < -0.4 is 5.73 Å². The number of halogens is 1. The summed E-state index contributed by atoms with van der Waals surface area (Å²) in [6.07, 6.45) is 0. The van der Waals surface area contributed by atoms with Gasteiger partial charge in [0, 0.05) is 23.7 Å². The van der Waals surface area contributed by atoms with Crippen LogP contribution in [-0.4, -0.2) is 40.1 Å². The van der Waals surface area contributed by atoms with E-state index in [-0.39, 0.29) is 6.04 Å². The highest BCUT2D eigenvalue weighted by Gasteiger charge is 2.26. The van der Waals surface area contributed by atoms with Crippen molar-refractivity contribution in [2.45, 2.75) is 6.04 Å². The number of hydrogen-bond acceptors (Lipinski definition) is 6. The number of nitrogens with two attached hydrogens (primary N) is 1. The second-order valence-electron chi connectivity index (χ2n) is 4.73. The van der Waals surface area contributed by atoms with Gasteiger partial charge in [-0.25, -0.2) is 0 Å². The van der Waals surface area contributed by atoms with E-state index in [9.17, 15) is 0 Å². The van der Waals surface area contributed by atoms with Gasteiger partial charge in [0.25, 0.3) is 5.89 Å². The first-order valence-corrected chi connectivity index (χ1v) is 7.86. The fraction of sp³-hybridized carbons (Fsp3) is 0.385. The Hall–Kier alpha value is -1.24. The van der Waals surface area contributed by atoms with Gasteiger partial charge >= 0.3 is 0 Å². The van der Waals surface area contributed by atoms with Crippen LogP contribution in [0, 0.1) is 0 Å². The van der Waals surface area contributed by atoms with Crippen LogP contribution in [0.15, 0.2) is 22.7 Å². The van der Waals surface area contributed by atoms with Crippen LogP contribution in [0.25, 0.3) is 11.5 Å². The van der Waals surface area contributed by atoms with Crippen LogP contribution in [0.3, 0.4) is 0 Å². The van der Waals surface area contributed by atoms with E-state index in [0.717, 1.165) is 18.1 Å². The molecule has 2 N–H and O–H groups in total. The molecule has 0 radical (unpaired) electrons.